The number of halogens is 2. The van der Waals surface area contributed by atoms with E-state index in [4.69, 9.17) is 14.2 Å². The molecule has 0 radical (unpaired) electrons. The maximum Gasteiger partial charge on any atom is 0.175 e. The minimum Gasteiger partial charge on any atom is -0.486 e. The molecule has 0 saturated carbocycles. The minimum atomic E-state index is -0.246. The molecule has 0 aromatic carbocycles. The van der Waals surface area contributed by atoms with Crippen LogP contribution in [0.4, 0.5) is 11.6 Å². The van der Waals surface area contributed by atoms with Gasteiger partial charge in [0.05, 0.1) is 31.4 Å². The van der Waals surface area contributed by atoms with Crippen molar-refractivity contribution in [3.05, 3.63) is 31.7 Å². The van der Waals surface area contributed by atoms with Gasteiger partial charge in [-0.3, -0.25) is 0 Å². The molecule has 2 aromatic heterocycles. The Morgan fingerprint density at radius 2 is 1.48 bits per heavy atom. The second-order valence-corrected chi connectivity index (χ2v) is 10.4. The van der Waals surface area contributed by atoms with Gasteiger partial charge in [-0.05, 0) is 70.2 Å². The number of anilines is 2. The highest BCUT2D eigenvalue weighted by atomic mass is 127. The van der Waals surface area contributed by atoms with E-state index in [9.17, 15) is 5.11 Å². The first kappa shape index (κ1) is 21.7. The van der Waals surface area contributed by atoms with Gasteiger partial charge in [0.2, 0.25) is 0 Å². The normalized spacial score (nSPS) is 27.7. The third kappa shape index (κ3) is 4.15. The van der Waals surface area contributed by atoms with Crippen molar-refractivity contribution < 1.29 is 19.3 Å². The van der Waals surface area contributed by atoms with Crippen LogP contribution in [-0.4, -0.2) is 72.8 Å². The van der Waals surface area contributed by atoms with Gasteiger partial charge >= 0.3 is 0 Å². The fraction of sp³-hybridized carbons (Fsp3) is 0.524. The zero-order valence-electron chi connectivity index (χ0n) is 17.1. The van der Waals surface area contributed by atoms with Gasteiger partial charge in [0, 0.05) is 32.6 Å². The number of aliphatic hydroxyl groups excluding tert-OH is 1. The van der Waals surface area contributed by atoms with E-state index in [0.717, 1.165) is 56.3 Å². The van der Waals surface area contributed by atoms with Gasteiger partial charge in [0.1, 0.15) is 13.2 Å². The molecule has 2 aromatic rings. The number of hydrogen-bond donors (Lipinski definition) is 1. The summed E-state index contributed by atoms with van der Waals surface area (Å²) in [7, 11) is 1.77. The Bertz CT molecular complexity index is 965. The van der Waals surface area contributed by atoms with Crippen LogP contribution in [0.5, 0.6) is 11.5 Å². The molecule has 4 aliphatic rings. The molecule has 0 aliphatic carbocycles. The van der Waals surface area contributed by atoms with E-state index in [1.165, 1.54) is 0 Å². The van der Waals surface area contributed by atoms with Crippen molar-refractivity contribution in [2.75, 3.05) is 43.2 Å². The van der Waals surface area contributed by atoms with E-state index in [-0.39, 0.29) is 12.1 Å². The number of rotatable bonds is 1. The van der Waals surface area contributed by atoms with Crippen molar-refractivity contribution in [1.29, 1.82) is 0 Å². The highest BCUT2D eigenvalue weighted by Gasteiger charge is 2.39. The SMILES string of the molecule is CO[C@H]1C[C@H]2COc3c(I)ccnc3N2C1.O[C@H]1C[C@H]2COc3c(I)ccnc3N2C1. The number of pyridine rings is 2. The maximum absolute atomic E-state index is 9.63. The van der Waals surface area contributed by atoms with Gasteiger partial charge in [-0.15, -0.1) is 0 Å². The average molecular weight is 650 g/mol. The number of ether oxygens (including phenoxy) is 3. The summed E-state index contributed by atoms with van der Waals surface area (Å²) in [6.45, 7) is 3.00. The molecule has 10 heteroatoms. The lowest BCUT2D eigenvalue weighted by atomic mass is 10.2. The summed E-state index contributed by atoms with van der Waals surface area (Å²) in [5.74, 6) is 3.65. The van der Waals surface area contributed by atoms with Crippen LogP contribution in [0.2, 0.25) is 0 Å². The lowest BCUT2D eigenvalue weighted by Crippen LogP contribution is -2.39. The first-order valence-corrected chi connectivity index (χ1v) is 12.5. The fourth-order valence-electron chi connectivity index (χ4n) is 4.64. The Labute approximate surface area is 208 Å². The van der Waals surface area contributed by atoms with E-state index in [1.54, 1.807) is 13.3 Å². The van der Waals surface area contributed by atoms with Gasteiger partial charge in [-0.25, -0.2) is 9.97 Å². The van der Waals surface area contributed by atoms with Crippen LogP contribution in [0.1, 0.15) is 12.8 Å². The second-order valence-electron chi connectivity index (χ2n) is 8.11. The van der Waals surface area contributed by atoms with Gasteiger partial charge in [-0.1, -0.05) is 0 Å². The lowest BCUT2D eigenvalue weighted by molar-refractivity contribution is 0.116. The Balaban J connectivity index is 0.000000132. The van der Waals surface area contributed by atoms with E-state index in [1.807, 2.05) is 18.3 Å². The first-order valence-electron chi connectivity index (χ1n) is 10.3. The zero-order valence-corrected chi connectivity index (χ0v) is 21.4. The zero-order chi connectivity index (χ0) is 21.5. The molecule has 6 rings (SSSR count). The highest BCUT2D eigenvalue weighted by Crippen LogP contribution is 2.40. The molecular formula is C21H24I2N4O4. The van der Waals surface area contributed by atoms with Crippen LogP contribution < -0.4 is 19.3 Å². The molecule has 0 spiro atoms. The number of methoxy groups -OCH3 is 1. The van der Waals surface area contributed by atoms with Crippen molar-refractivity contribution in [2.24, 2.45) is 0 Å². The molecule has 0 amide bonds. The lowest BCUT2D eigenvalue weighted by Gasteiger charge is -2.32. The number of nitrogens with zero attached hydrogens (tertiary/aromatic N) is 4. The Morgan fingerprint density at radius 3 is 2.06 bits per heavy atom. The molecule has 0 bridgehead atoms. The molecular weight excluding hydrogens is 626 g/mol. The van der Waals surface area contributed by atoms with Crippen LogP contribution in [0.15, 0.2) is 24.5 Å². The predicted octanol–water partition coefficient (Wildman–Crippen LogP) is 2.69. The number of aliphatic hydroxyl groups is 1. The van der Waals surface area contributed by atoms with Crippen molar-refractivity contribution in [3.63, 3.8) is 0 Å². The average Bonchev–Trinajstić information content (AvgIpc) is 3.37. The van der Waals surface area contributed by atoms with E-state index in [0.29, 0.717) is 25.3 Å². The summed E-state index contributed by atoms with van der Waals surface area (Å²) in [6, 6.07) is 4.62. The summed E-state index contributed by atoms with van der Waals surface area (Å²) in [6.07, 6.45) is 5.50. The van der Waals surface area contributed by atoms with Gasteiger partial charge in [0.15, 0.2) is 23.1 Å². The molecule has 2 saturated heterocycles. The van der Waals surface area contributed by atoms with Gasteiger partial charge in [0.25, 0.3) is 0 Å². The highest BCUT2D eigenvalue weighted by molar-refractivity contribution is 14.1. The first-order chi connectivity index (χ1) is 15.0. The van der Waals surface area contributed by atoms with Gasteiger partial charge < -0.3 is 29.1 Å². The van der Waals surface area contributed by atoms with Crippen LogP contribution in [0.25, 0.3) is 0 Å². The summed E-state index contributed by atoms with van der Waals surface area (Å²) >= 11 is 4.54. The Hall–Kier alpha value is -1.12. The van der Waals surface area contributed by atoms with Crippen LogP contribution in [0, 0.1) is 7.14 Å². The quantitative estimate of drug-likeness (QED) is 0.473. The van der Waals surface area contributed by atoms with E-state index < -0.39 is 0 Å². The second kappa shape index (κ2) is 9.02. The third-order valence-electron chi connectivity index (χ3n) is 6.16. The predicted molar refractivity (Wildman–Crippen MR) is 133 cm³/mol. The van der Waals surface area contributed by atoms with Gasteiger partial charge in [-0.2, -0.15) is 0 Å². The standard InChI is InChI=1S/C11H13IN2O2.C10H11IN2O2/c1-15-8-4-7-6-16-10-9(12)2-3-13-11(10)14(7)5-8;11-8-1-2-12-10-9(8)15-5-6-3-7(14)4-13(6)10/h2-3,7-8H,4-6H2,1H3;1-2,6-7,14H,3-5H2/t7-,8-;6-,7-/m00/s1. The summed E-state index contributed by atoms with van der Waals surface area (Å²) < 4.78 is 19.1. The van der Waals surface area contributed by atoms with Crippen molar-refractivity contribution >= 4 is 56.8 Å². The minimum absolute atomic E-state index is 0.246. The number of hydrogen-bond acceptors (Lipinski definition) is 8. The summed E-state index contributed by atoms with van der Waals surface area (Å²) in [5, 5.41) is 9.63. The van der Waals surface area contributed by atoms with Crippen molar-refractivity contribution in [3.8, 4) is 11.5 Å². The largest absolute Gasteiger partial charge is 0.486 e. The van der Waals surface area contributed by atoms with E-state index >= 15 is 0 Å². The monoisotopic (exact) mass is 650 g/mol. The van der Waals surface area contributed by atoms with Crippen molar-refractivity contribution in [2.45, 2.75) is 37.1 Å². The van der Waals surface area contributed by atoms with Crippen LogP contribution >= 0.6 is 45.2 Å². The number of aromatic nitrogens is 2. The molecule has 4 atom stereocenters. The smallest absolute Gasteiger partial charge is 0.175 e. The topological polar surface area (TPSA) is 80.2 Å². The molecule has 4 aliphatic heterocycles. The molecule has 8 nitrogen and oxygen atoms in total. The molecule has 0 unspecified atom stereocenters. The summed E-state index contributed by atoms with van der Waals surface area (Å²) in [5.41, 5.74) is 0. The molecule has 166 valence electrons. The summed E-state index contributed by atoms with van der Waals surface area (Å²) in [4.78, 5) is 13.2. The van der Waals surface area contributed by atoms with E-state index in [2.05, 4.69) is 64.9 Å². The van der Waals surface area contributed by atoms with Crippen LogP contribution in [-0.2, 0) is 4.74 Å². The third-order valence-corrected chi connectivity index (χ3v) is 7.86. The molecule has 31 heavy (non-hydrogen) atoms. The molecule has 2 fully saturated rings. The number of fused-ring (bicyclic) bond motifs is 6. The molecule has 1 N–H and O–H groups in total. The maximum atomic E-state index is 9.63. The fourth-order valence-corrected chi connectivity index (χ4v) is 5.75. The molecule has 6 heterocycles. The Morgan fingerprint density at radius 1 is 0.935 bits per heavy atom. The van der Waals surface area contributed by atoms with Crippen LogP contribution in [0.3, 0.4) is 0 Å². The Kier molecular flexibility index (Phi) is 6.32. The van der Waals surface area contributed by atoms with Crippen molar-refractivity contribution in [1.82, 2.24) is 9.97 Å².